The van der Waals surface area contributed by atoms with Gasteiger partial charge in [0.25, 0.3) is 0 Å². The van der Waals surface area contributed by atoms with Gasteiger partial charge in [-0.15, -0.1) is 0 Å². The zero-order valence-electron chi connectivity index (χ0n) is 14.0. The third-order valence-corrected chi connectivity index (χ3v) is 3.77. The van der Waals surface area contributed by atoms with Gasteiger partial charge in [-0.1, -0.05) is 0 Å². The number of alkyl halides is 3. The Balaban J connectivity index is 2.10. The molecule has 1 N–H and O–H groups in total. The molecule has 132 valence electrons. The number of carbonyl (C=O) groups excluding carboxylic acids is 1. The fraction of sp³-hybridized carbons (Fsp3) is 0.533. The summed E-state index contributed by atoms with van der Waals surface area (Å²) in [6.07, 6.45) is -2.89. The van der Waals surface area contributed by atoms with E-state index in [9.17, 15) is 18.0 Å². The summed E-state index contributed by atoms with van der Waals surface area (Å²) in [5, 5.41) is 10.6. The Bertz CT molecular complexity index is 732. The molecule has 0 fully saturated rings. The summed E-state index contributed by atoms with van der Waals surface area (Å²) in [7, 11) is 0. The number of nitrogens with one attached hydrogen (secondary N) is 1. The minimum Gasteiger partial charge on any atom is -0.348 e. The van der Waals surface area contributed by atoms with Crippen LogP contribution in [0.25, 0.3) is 0 Å². The highest BCUT2D eigenvalue weighted by Gasteiger charge is 2.35. The number of hydrogen-bond acceptors (Lipinski definition) is 3. The van der Waals surface area contributed by atoms with E-state index >= 15 is 0 Å². The molecule has 1 atom stereocenters. The summed E-state index contributed by atoms with van der Waals surface area (Å²) in [6.45, 7) is 7.26. The zero-order chi connectivity index (χ0) is 18.1. The molecule has 1 amide bonds. The van der Waals surface area contributed by atoms with Gasteiger partial charge in [0.2, 0.25) is 5.91 Å². The highest BCUT2D eigenvalue weighted by atomic mass is 19.4. The number of aromatic nitrogens is 4. The lowest BCUT2D eigenvalue weighted by Gasteiger charge is -2.15. The normalized spacial score (nSPS) is 13.1. The number of carbonyl (C=O) groups is 1. The average molecular weight is 343 g/mol. The molecule has 0 aliphatic rings. The molecule has 2 rings (SSSR count). The number of nitrogens with zero attached hydrogens (tertiary/aromatic N) is 4. The molecule has 24 heavy (non-hydrogen) atoms. The first-order valence-corrected chi connectivity index (χ1v) is 7.56. The van der Waals surface area contributed by atoms with Crippen molar-refractivity contribution in [3.05, 3.63) is 34.9 Å². The van der Waals surface area contributed by atoms with Crippen LogP contribution < -0.4 is 5.32 Å². The molecule has 6 nitrogen and oxygen atoms in total. The van der Waals surface area contributed by atoms with Crippen molar-refractivity contribution in [2.24, 2.45) is 0 Å². The second kappa shape index (κ2) is 6.66. The second-order valence-electron chi connectivity index (χ2n) is 5.62. The Kier molecular flexibility index (Phi) is 5.00. The maximum Gasteiger partial charge on any atom is 0.433 e. The molecule has 0 aromatic carbocycles. The van der Waals surface area contributed by atoms with Gasteiger partial charge in [-0.05, 0) is 33.8 Å². The number of rotatable bonds is 5. The number of hydrogen-bond donors (Lipinski definition) is 1. The van der Waals surface area contributed by atoms with Gasteiger partial charge in [0.15, 0.2) is 0 Å². The van der Waals surface area contributed by atoms with Crippen LogP contribution in [-0.4, -0.2) is 25.5 Å². The van der Waals surface area contributed by atoms with E-state index in [1.165, 1.54) is 6.92 Å². The van der Waals surface area contributed by atoms with Crippen LogP contribution >= 0.6 is 0 Å². The molecule has 0 spiro atoms. The van der Waals surface area contributed by atoms with E-state index in [-0.39, 0.29) is 11.7 Å². The Morgan fingerprint density at radius 1 is 1.33 bits per heavy atom. The highest BCUT2D eigenvalue weighted by Crippen LogP contribution is 2.29. The van der Waals surface area contributed by atoms with Gasteiger partial charge in [-0.2, -0.15) is 23.4 Å². The Morgan fingerprint density at radius 2 is 2.00 bits per heavy atom. The summed E-state index contributed by atoms with van der Waals surface area (Å²) < 4.78 is 41.3. The lowest BCUT2D eigenvalue weighted by Crippen LogP contribution is -2.32. The average Bonchev–Trinajstić information content (AvgIpc) is 3.01. The minimum absolute atomic E-state index is 0.211. The maximum atomic E-state index is 12.9. The first-order valence-electron chi connectivity index (χ1n) is 7.56. The molecular formula is C15H20F3N5O. The van der Waals surface area contributed by atoms with E-state index in [1.807, 2.05) is 13.8 Å². The molecule has 2 aromatic heterocycles. The topological polar surface area (TPSA) is 64.7 Å². The smallest absolute Gasteiger partial charge is 0.348 e. The van der Waals surface area contributed by atoms with Gasteiger partial charge < -0.3 is 5.32 Å². The van der Waals surface area contributed by atoms with Crippen LogP contribution in [0.1, 0.15) is 42.5 Å². The summed E-state index contributed by atoms with van der Waals surface area (Å²) in [6, 6.07) is 0.565. The predicted molar refractivity (Wildman–Crippen MR) is 81.2 cm³/mol. The number of aryl methyl sites for hydroxylation is 2. The van der Waals surface area contributed by atoms with Crippen molar-refractivity contribution in [1.29, 1.82) is 0 Å². The molecule has 2 heterocycles. The van der Waals surface area contributed by atoms with E-state index < -0.39 is 24.3 Å². The quantitative estimate of drug-likeness (QED) is 0.908. The molecule has 0 saturated carbocycles. The maximum absolute atomic E-state index is 12.9. The van der Waals surface area contributed by atoms with Gasteiger partial charge in [-0.25, -0.2) is 0 Å². The largest absolute Gasteiger partial charge is 0.433 e. The molecule has 2 aromatic rings. The number of amides is 1. The van der Waals surface area contributed by atoms with Gasteiger partial charge in [0.1, 0.15) is 12.2 Å². The van der Waals surface area contributed by atoms with E-state index in [0.29, 0.717) is 11.2 Å². The molecule has 9 heteroatoms. The van der Waals surface area contributed by atoms with Crippen LogP contribution in [0.2, 0.25) is 0 Å². The second-order valence-corrected chi connectivity index (χ2v) is 5.62. The highest BCUT2D eigenvalue weighted by molar-refractivity contribution is 5.76. The van der Waals surface area contributed by atoms with Crippen molar-refractivity contribution in [2.45, 2.75) is 53.0 Å². The van der Waals surface area contributed by atoms with Crippen LogP contribution in [0.15, 0.2) is 12.3 Å². The molecule has 1 unspecified atom stereocenters. The Morgan fingerprint density at radius 3 is 2.54 bits per heavy atom. The third-order valence-electron chi connectivity index (χ3n) is 3.77. The van der Waals surface area contributed by atoms with Gasteiger partial charge in [0.05, 0.1) is 17.9 Å². The SMILES string of the molecule is CCn1ncc(C(C)NC(=O)Cn2nc(C)cc2C(F)(F)F)c1C. The zero-order valence-corrected chi connectivity index (χ0v) is 14.0. The summed E-state index contributed by atoms with van der Waals surface area (Å²) >= 11 is 0. The lowest BCUT2D eigenvalue weighted by molar-refractivity contribution is -0.144. The first-order chi connectivity index (χ1) is 11.1. The van der Waals surface area contributed by atoms with Crippen molar-refractivity contribution in [3.63, 3.8) is 0 Å². The fourth-order valence-corrected chi connectivity index (χ4v) is 2.60. The minimum atomic E-state index is -4.55. The van der Waals surface area contributed by atoms with Crippen molar-refractivity contribution in [2.75, 3.05) is 0 Å². The Hall–Kier alpha value is -2.32. The van der Waals surface area contributed by atoms with Gasteiger partial charge in [0, 0.05) is 17.8 Å². The first kappa shape index (κ1) is 18.0. The van der Waals surface area contributed by atoms with E-state index in [1.54, 1.807) is 17.8 Å². The van der Waals surface area contributed by atoms with Gasteiger partial charge in [-0.3, -0.25) is 14.2 Å². The summed E-state index contributed by atoms with van der Waals surface area (Å²) in [4.78, 5) is 12.1. The van der Waals surface area contributed by atoms with Crippen molar-refractivity contribution >= 4 is 5.91 Å². The van der Waals surface area contributed by atoms with Crippen molar-refractivity contribution < 1.29 is 18.0 Å². The standard InChI is InChI=1S/C15H20F3N5O/c1-5-22-11(4)12(7-19-22)10(3)20-14(24)8-23-13(15(16,17)18)6-9(2)21-23/h6-7,10H,5,8H2,1-4H3,(H,20,24). The van der Waals surface area contributed by atoms with Crippen LogP contribution in [0.5, 0.6) is 0 Å². The molecule has 0 aliphatic heterocycles. The van der Waals surface area contributed by atoms with Crippen LogP contribution in [0.4, 0.5) is 13.2 Å². The van der Waals surface area contributed by atoms with E-state index in [4.69, 9.17) is 0 Å². The van der Waals surface area contributed by atoms with E-state index in [0.717, 1.165) is 17.3 Å². The molecule has 0 aliphatic carbocycles. The molecule has 0 bridgehead atoms. The number of halogens is 3. The van der Waals surface area contributed by atoms with Crippen LogP contribution in [0, 0.1) is 13.8 Å². The third kappa shape index (κ3) is 3.77. The van der Waals surface area contributed by atoms with E-state index in [2.05, 4.69) is 15.5 Å². The molecule has 0 radical (unpaired) electrons. The van der Waals surface area contributed by atoms with Crippen LogP contribution in [-0.2, 0) is 24.1 Å². The summed E-state index contributed by atoms with van der Waals surface area (Å²) in [5.74, 6) is -0.542. The van der Waals surface area contributed by atoms with Crippen molar-refractivity contribution in [3.8, 4) is 0 Å². The molecular weight excluding hydrogens is 323 g/mol. The predicted octanol–water partition coefficient (Wildman–Crippen LogP) is 2.61. The summed E-state index contributed by atoms with van der Waals surface area (Å²) in [5.41, 5.74) is 1.02. The fourth-order valence-electron chi connectivity index (χ4n) is 2.60. The van der Waals surface area contributed by atoms with Gasteiger partial charge >= 0.3 is 6.18 Å². The lowest BCUT2D eigenvalue weighted by atomic mass is 10.1. The Labute approximate surface area is 137 Å². The molecule has 0 saturated heterocycles. The van der Waals surface area contributed by atoms with Crippen molar-refractivity contribution in [1.82, 2.24) is 24.9 Å². The monoisotopic (exact) mass is 343 g/mol. The van der Waals surface area contributed by atoms with Crippen LogP contribution in [0.3, 0.4) is 0 Å².